The highest BCUT2D eigenvalue weighted by Gasteiger charge is 2.15. The first-order chi connectivity index (χ1) is 8.95. The highest BCUT2D eigenvalue weighted by molar-refractivity contribution is 5.80. The Morgan fingerprint density at radius 3 is 2.63 bits per heavy atom. The third-order valence-corrected chi connectivity index (χ3v) is 3.15. The summed E-state index contributed by atoms with van der Waals surface area (Å²) in [5.74, 6) is 0.442. The summed E-state index contributed by atoms with van der Waals surface area (Å²) in [6.45, 7) is 9.15. The van der Waals surface area contributed by atoms with Gasteiger partial charge in [0.1, 0.15) is 18.4 Å². The topological polar surface area (TPSA) is 64.3 Å². The van der Waals surface area contributed by atoms with E-state index in [4.69, 9.17) is 10.5 Å². The molecule has 3 N–H and O–H groups in total. The van der Waals surface area contributed by atoms with Crippen molar-refractivity contribution in [1.29, 1.82) is 0 Å². The van der Waals surface area contributed by atoms with E-state index in [1.54, 1.807) is 0 Å². The molecule has 0 saturated heterocycles. The van der Waals surface area contributed by atoms with Crippen molar-refractivity contribution in [2.24, 2.45) is 5.73 Å². The minimum atomic E-state index is -0.444. The molecule has 0 aromatic heterocycles. The Hall–Kier alpha value is -1.55. The quantitative estimate of drug-likeness (QED) is 0.790. The third kappa shape index (κ3) is 4.56. The number of nitrogens with one attached hydrogen (secondary N) is 1. The van der Waals surface area contributed by atoms with Gasteiger partial charge in [0, 0.05) is 0 Å². The lowest BCUT2D eigenvalue weighted by molar-refractivity contribution is -0.120. The van der Waals surface area contributed by atoms with Crippen LogP contribution in [0.25, 0.3) is 0 Å². The molecule has 1 aromatic rings. The number of primary amides is 1. The van der Waals surface area contributed by atoms with E-state index in [1.807, 2.05) is 26.8 Å². The van der Waals surface area contributed by atoms with E-state index in [0.717, 1.165) is 29.8 Å². The molecule has 0 saturated carbocycles. The summed E-state index contributed by atoms with van der Waals surface area (Å²) in [6.07, 6.45) is 0.951. The van der Waals surface area contributed by atoms with Crippen LogP contribution < -0.4 is 15.8 Å². The zero-order chi connectivity index (χ0) is 14.4. The van der Waals surface area contributed by atoms with Crippen LogP contribution in [-0.4, -0.2) is 25.1 Å². The summed E-state index contributed by atoms with van der Waals surface area (Å²) in [7, 11) is 0. The summed E-state index contributed by atoms with van der Waals surface area (Å²) in [5, 5.41) is 3.09. The monoisotopic (exact) mass is 264 g/mol. The second-order valence-corrected chi connectivity index (χ2v) is 4.93. The average Bonchev–Trinajstić information content (AvgIpc) is 2.34. The summed E-state index contributed by atoms with van der Waals surface area (Å²) in [4.78, 5) is 11.3. The van der Waals surface area contributed by atoms with Gasteiger partial charge in [0.05, 0.1) is 0 Å². The van der Waals surface area contributed by atoms with Gasteiger partial charge in [-0.1, -0.05) is 13.0 Å². The highest BCUT2D eigenvalue weighted by Crippen LogP contribution is 2.23. The smallest absolute Gasteiger partial charge is 0.238 e. The Kier molecular flexibility index (Phi) is 5.83. The van der Waals surface area contributed by atoms with E-state index in [9.17, 15) is 4.79 Å². The zero-order valence-corrected chi connectivity index (χ0v) is 12.2. The van der Waals surface area contributed by atoms with Gasteiger partial charge in [0.15, 0.2) is 0 Å². The van der Waals surface area contributed by atoms with Gasteiger partial charge in [0.25, 0.3) is 0 Å². The van der Waals surface area contributed by atoms with Crippen LogP contribution in [0.2, 0.25) is 0 Å². The van der Waals surface area contributed by atoms with Crippen molar-refractivity contribution < 1.29 is 9.53 Å². The molecule has 1 atom stereocenters. The molecule has 19 heavy (non-hydrogen) atoms. The molecule has 0 spiro atoms. The molecule has 0 radical (unpaired) electrons. The Balaban J connectivity index is 2.71. The van der Waals surface area contributed by atoms with Crippen LogP contribution in [0.3, 0.4) is 0 Å². The number of aryl methyl sites for hydroxylation is 2. The Morgan fingerprint density at radius 1 is 1.37 bits per heavy atom. The number of nitrogens with two attached hydrogens (primary N) is 1. The number of hydrogen-bond donors (Lipinski definition) is 2. The van der Waals surface area contributed by atoms with Crippen molar-refractivity contribution in [2.75, 3.05) is 13.2 Å². The molecule has 4 heteroatoms. The second-order valence-electron chi connectivity index (χ2n) is 4.93. The molecule has 1 rings (SSSR count). The lowest BCUT2D eigenvalue weighted by Crippen LogP contribution is -2.45. The van der Waals surface area contributed by atoms with Gasteiger partial charge in [-0.25, -0.2) is 0 Å². The van der Waals surface area contributed by atoms with Crippen molar-refractivity contribution in [1.82, 2.24) is 5.32 Å². The van der Waals surface area contributed by atoms with Crippen LogP contribution in [0.5, 0.6) is 5.75 Å². The predicted octanol–water partition coefficient (Wildman–Crippen LogP) is 1.84. The summed E-state index contributed by atoms with van der Waals surface area (Å²) in [5.41, 5.74) is 8.79. The van der Waals surface area contributed by atoms with Crippen LogP contribution in [0, 0.1) is 20.8 Å². The number of rotatable bonds is 7. The molecule has 1 unspecified atom stereocenters. The number of carbonyl (C=O) groups is 1. The van der Waals surface area contributed by atoms with E-state index in [1.165, 1.54) is 5.56 Å². The van der Waals surface area contributed by atoms with Crippen LogP contribution in [0.1, 0.15) is 30.0 Å². The molecule has 1 amide bonds. The van der Waals surface area contributed by atoms with Crippen LogP contribution in [0.15, 0.2) is 12.1 Å². The predicted molar refractivity (Wildman–Crippen MR) is 77.4 cm³/mol. The van der Waals surface area contributed by atoms with Gasteiger partial charge in [0.2, 0.25) is 5.91 Å². The van der Waals surface area contributed by atoms with E-state index in [2.05, 4.69) is 18.3 Å². The summed E-state index contributed by atoms with van der Waals surface area (Å²) >= 11 is 0. The molecule has 0 heterocycles. The maximum absolute atomic E-state index is 11.3. The van der Waals surface area contributed by atoms with Gasteiger partial charge in [-0.3, -0.25) is 4.79 Å². The van der Waals surface area contributed by atoms with Crippen molar-refractivity contribution in [2.45, 2.75) is 40.2 Å². The molecule has 0 bridgehead atoms. The standard InChI is InChI=1S/C15H24N2O2/c1-5-6-17-13(15(16)18)9-19-14-8-10(2)7-11(3)12(14)4/h7-8,13,17H,5-6,9H2,1-4H3,(H2,16,18). The first-order valence-electron chi connectivity index (χ1n) is 6.69. The third-order valence-electron chi connectivity index (χ3n) is 3.15. The summed E-state index contributed by atoms with van der Waals surface area (Å²) < 4.78 is 5.76. The SMILES string of the molecule is CCCNC(COc1cc(C)cc(C)c1C)C(N)=O. The molecule has 0 aliphatic rings. The summed E-state index contributed by atoms with van der Waals surface area (Å²) in [6, 6.07) is 3.66. The first-order valence-corrected chi connectivity index (χ1v) is 6.69. The Bertz CT molecular complexity index is 444. The Morgan fingerprint density at radius 2 is 2.05 bits per heavy atom. The minimum Gasteiger partial charge on any atom is -0.491 e. The average molecular weight is 264 g/mol. The number of amides is 1. The van der Waals surface area contributed by atoms with Crippen molar-refractivity contribution in [3.8, 4) is 5.75 Å². The number of benzene rings is 1. The minimum absolute atomic E-state index is 0.263. The van der Waals surface area contributed by atoms with Gasteiger partial charge < -0.3 is 15.8 Å². The molecule has 1 aromatic carbocycles. The zero-order valence-electron chi connectivity index (χ0n) is 12.2. The lowest BCUT2D eigenvalue weighted by atomic mass is 10.1. The fourth-order valence-corrected chi connectivity index (χ4v) is 1.88. The number of carbonyl (C=O) groups excluding carboxylic acids is 1. The highest BCUT2D eigenvalue weighted by atomic mass is 16.5. The fraction of sp³-hybridized carbons (Fsp3) is 0.533. The number of ether oxygens (including phenoxy) is 1. The van der Waals surface area contributed by atoms with Crippen LogP contribution >= 0.6 is 0 Å². The molecular formula is C15H24N2O2. The Labute approximate surface area is 115 Å². The maximum atomic E-state index is 11.3. The molecule has 4 nitrogen and oxygen atoms in total. The van der Waals surface area contributed by atoms with Gasteiger partial charge >= 0.3 is 0 Å². The van der Waals surface area contributed by atoms with Crippen LogP contribution in [-0.2, 0) is 4.79 Å². The van der Waals surface area contributed by atoms with Gasteiger partial charge in [-0.15, -0.1) is 0 Å². The van der Waals surface area contributed by atoms with Crippen molar-refractivity contribution >= 4 is 5.91 Å². The fourth-order valence-electron chi connectivity index (χ4n) is 1.88. The van der Waals surface area contributed by atoms with Crippen molar-refractivity contribution in [3.05, 3.63) is 28.8 Å². The second kappa shape index (κ2) is 7.14. The van der Waals surface area contributed by atoms with E-state index in [-0.39, 0.29) is 12.5 Å². The molecular weight excluding hydrogens is 240 g/mol. The molecule has 0 aliphatic heterocycles. The van der Waals surface area contributed by atoms with E-state index >= 15 is 0 Å². The van der Waals surface area contributed by atoms with Crippen LogP contribution in [0.4, 0.5) is 0 Å². The van der Waals surface area contributed by atoms with Gasteiger partial charge in [-0.2, -0.15) is 0 Å². The largest absolute Gasteiger partial charge is 0.491 e. The van der Waals surface area contributed by atoms with Gasteiger partial charge in [-0.05, 0) is 56.5 Å². The number of hydrogen-bond acceptors (Lipinski definition) is 3. The van der Waals surface area contributed by atoms with E-state index in [0.29, 0.717) is 0 Å². The normalized spacial score (nSPS) is 12.2. The van der Waals surface area contributed by atoms with Crippen molar-refractivity contribution in [3.63, 3.8) is 0 Å². The molecule has 0 fully saturated rings. The molecule has 106 valence electrons. The molecule has 0 aliphatic carbocycles. The maximum Gasteiger partial charge on any atom is 0.238 e. The lowest BCUT2D eigenvalue weighted by Gasteiger charge is -2.18. The first kappa shape index (κ1) is 15.5. The van der Waals surface area contributed by atoms with E-state index < -0.39 is 6.04 Å².